The number of methoxy groups -OCH3 is 1. The van der Waals surface area contributed by atoms with Crippen LogP contribution in [0.25, 0.3) is 11.3 Å². The van der Waals surface area contributed by atoms with Crippen LogP contribution in [0.15, 0.2) is 96.0 Å². The van der Waals surface area contributed by atoms with Crippen LogP contribution in [0.5, 0.6) is 5.75 Å². The van der Waals surface area contributed by atoms with Gasteiger partial charge in [0, 0.05) is 18.3 Å². The number of rotatable bonds is 9. The van der Waals surface area contributed by atoms with Gasteiger partial charge in [0.25, 0.3) is 0 Å². The molecule has 32 heavy (non-hydrogen) atoms. The molecule has 4 aromatic rings. The lowest BCUT2D eigenvalue weighted by Crippen LogP contribution is -2.26. The second-order valence-corrected chi connectivity index (χ2v) is 9.12. The number of nitrogens with zero attached hydrogens (tertiary/aromatic N) is 2. The zero-order chi connectivity index (χ0) is 22.4. The maximum atomic E-state index is 13.2. The van der Waals surface area contributed by atoms with E-state index in [1.54, 1.807) is 18.0 Å². The molecular formula is C25H25N3O3S. The van der Waals surface area contributed by atoms with Crippen molar-refractivity contribution in [3.05, 3.63) is 102 Å². The molecule has 0 radical (unpaired) electrons. The molecule has 1 N–H and O–H groups in total. The van der Waals surface area contributed by atoms with E-state index in [-0.39, 0.29) is 11.4 Å². The van der Waals surface area contributed by atoms with Gasteiger partial charge in [-0.25, -0.2) is 13.1 Å². The van der Waals surface area contributed by atoms with Gasteiger partial charge >= 0.3 is 0 Å². The molecule has 0 fully saturated rings. The topological polar surface area (TPSA) is 73.2 Å². The third-order valence-corrected chi connectivity index (χ3v) is 6.58. The Hall–Kier alpha value is -3.42. The first-order chi connectivity index (χ1) is 15.5. The molecule has 0 saturated heterocycles. The van der Waals surface area contributed by atoms with Crippen LogP contribution >= 0.6 is 0 Å². The molecule has 0 aliphatic heterocycles. The van der Waals surface area contributed by atoms with Crippen LogP contribution in [0.4, 0.5) is 0 Å². The standard InChI is InChI=1S/C25H25N3O3S/c1-31-23-14-12-20(13-15-23)16-17-26-32(29,30)24-19-28(18-21-8-4-2-5-9-21)27-25(24)22-10-6-3-7-11-22/h2-15,19,26H,16-18H2,1H3. The van der Waals surface area contributed by atoms with Crippen molar-refractivity contribution in [3.63, 3.8) is 0 Å². The Morgan fingerprint density at radius 2 is 1.53 bits per heavy atom. The largest absolute Gasteiger partial charge is 0.497 e. The van der Waals surface area contributed by atoms with Gasteiger partial charge in [-0.15, -0.1) is 0 Å². The van der Waals surface area contributed by atoms with Gasteiger partial charge in [-0.3, -0.25) is 4.68 Å². The SMILES string of the molecule is COc1ccc(CCNS(=O)(=O)c2cn(Cc3ccccc3)nc2-c2ccccc2)cc1. The first-order valence-electron chi connectivity index (χ1n) is 10.3. The summed E-state index contributed by atoms with van der Waals surface area (Å²) < 4.78 is 36.0. The normalized spacial score (nSPS) is 11.4. The van der Waals surface area contributed by atoms with E-state index in [0.717, 1.165) is 22.4 Å². The van der Waals surface area contributed by atoms with Crippen LogP contribution in [0.3, 0.4) is 0 Å². The summed E-state index contributed by atoms with van der Waals surface area (Å²) in [5.41, 5.74) is 3.27. The number of hydrogen-bond donors (Lipinski definition) is 1. The van der Waals surface area contributed by atoms with Crippen molar-refractivity contribution >= 4 is 10.0 Å². The smallest absolute Gasteiger partial charge is 0.244 e. The van der Waals surface area contributed by atoms with E-state index in [2.05, 4.69) is 9.82 Å². The van der Waals surface area contributed by atoms with Gasteiger partial charge in [-0.1, -0.05) is 72.8 Å². The van der Waals surface area contributed by atoms with Gasteiger partial charge < -0.3 is 4.74 Å². The van der Waals surface area contributed by atoms with Crippen LogP contribution in [0.1, 0.15) is 11.1 Å². The van der Waals surface area contributed by atoms with E-state index >= 15 is 0 Å². The second kappa shape index (κ2) is 9.80. The molecule has 0 amide bonds. The maximum Gasteiger partial charge on any atom is 0.244 e. The van der Waals surface area contributed by atoms with E-state index in [9.17, 15) is 8.42 Å². The minimum absolute atomic E-state index is 0.175. The van der Waals surface area contributed by atoms with Crippen LogP contribution < -0.4 is 9.46 Å². The number of ether oxygens (including phenoxy) is 1. The number of hydrogen-bond acceptors (Lipinski definition) is 4. The van der Waals surface area contributed by atoms with Crippen molar-refractivity contribution < 1.29 is 13.2 Å². The Bertz CT molecular complexity index is 1250. The number of nitrogens with one attached hydrogen (secondary N) is 1. The molecule has 0 aliphatic carbocycles. The molecule has 0 unspecified atom stereocenters. The molecule has 4 rings (SSSR count). The predicted molar refractivity (Wildman–Crippen MR) is 125 cm³/mol. The van der Waals surface area contributed by atoms with Crippen molar-refractivity contribution in [2.45, 2.75) is 17.9 Å². The Balaban J connectivity index is 1.56. The van der Waals surface area contributed by atoms with Gasteiger partial charge in [-0.2, -0.15) is 5.10 Å². The van der Waals surface area contributed by atoms with Crippen LogP contribution in [0, 0.1) is 0 Å². The fourth-order valence-corrected chi connectivity index (χ4v) is 4.65. The minimum atomic E-state index is -3.75. The van der Waals surface area contributed by atoms with E-state index in [1.165, 1.54) is 0 Å². The lowest BCUT2D eigenvalue weighted by Gasteiger charge is -2.08. The summed E-state index contributed by atoms with van der Waals surface area (Å²) in [6.45, 7) is 0.773. The van der Waals surface area contributed by atoms with Crippen molar-refractivity contribution in [1.29, 1.82) is 0 Å². The fourth-order valence-electron chi connectivity index (χ4n) is 3.45. The molecule has 164 valence electrons. The van der Waals surface area contributed by atoms with Crippen molar-refractivity contribution in [1.82, 2.24) is 14.5 Å². The lowest BCUT2D eigenvalue weighted by molar-refractivity contribution is 0.414. The van der Waals surface area contributed by atoms with Crippen molar-refractivity contribution in [2.75, 3.05) is 13.7 Å². The zero-order valence-electron chi connectivity index (χ0n) is 17.8. The average molecular weight is 448 g/mol. The monoisotopic (exact) mass is 447 g/mol. The molecular weight excluding hydrogens is 422 g/mol. The summed E-state index contributed by atoms with van der Waals surface area (Å²) in [4.78, 5) is 0.175. The fraction of sp³-hybridized carbons (Fsp3) is 0.160. The Morgan fingerprint density at radius 3 is 2.19 bits per heavy atom. The molecule has 6 nitrogen and oxygen atoms in total. The summed E-state index contributed by atoms with van der Waals surface area (Å²) in [5.74, 6) is 0.771. The quantitative estimate of drug-likeness (QED) is 0.419. The van der Waals surface area contributed by atoms with Crippen molar-refractivity contribution in [3.8, 4) is 17.0 Å². The average Bonchev–Trinajstić information content (AvgIpc) is 3.25. The Labute approximate surface area is 188 Å². The number of aromatic nitrogens is 2. The Kier molecular flexibility index (Phi) is 6.68. The van der Waals surface area contributed by atoms with Gasteiger partial charge in [-0.05, 0) is 29.7 Å². The molecule has 1 heterocycles. The molecule has 3 aromatic carbocycles. The third-order valence-electron chi connectivity index (χ3n) is 5.12. The van der Waals surface area contributed by atoms with Crippen LogP contribution in [0.2, 0.25) is 0 Å². The molecule has 0 spiro atoms. The molecule has 7 heteroatoms. The lowest BCUT2D eigenvalue weighted by atomic mass is 10.1. The predicted octanol–water partition coefficient (Wildman–Crippen LogP) is 4.13. The summed E-state index contributed by atoms with van der Waals surface area (Å²) in [6.07, 6.45) is 2.17. The highest BCUT2D eigenvalue weighted by Crippen LogP contribution is 2.26. The summed E-state index contributed by atoms with van der Waals surface area (Å²) >= 11 is 0. The molecule has 0 bridgehead atoms. The molecule has 1 aromatic heterocycles. The van der Waals surface area contributed by atoms with Gasteiger partial charge in [0.05, 0.1) is 13.7 Å². The Morgan fingerprint density at radius 1 is 0.875 bits per heavy atom. The second-order valence-electron chi connectivity index (χ2n) is 7.39. The summed E-state index contributed by atoms with van der Waals surface area (Å²) in [7, 11) is -2.14. The first-order valence-corrected chi connectivity index (χ1v) is 11.8. The number of benzene rings is 3. The minimum Gasteiger partial charge on any atom is -0.497 e. The van der Waals surface area contributed by atoms with Crippen LogP contribution in [-0.2, 0) is 23.0 Å². The third kappa shape index (κ3) is 5.25. The summed E-state index contributed by atoms with van der Waals surface area (Å²) in [6, 6.07) is 26.8. The van der Waals surface area contributed by atoms with Gasteiger partial charge in [0.2, 0.25) is 10.0 Å². The zero-order valence-corrected chi connectivity index (χ0v) is 18.6. The highest BCUT2D eigenvalue weighted by molar-refractivity contribution is 7.89. The van der Waals surface area contributed by atoms with E-state index in [1.807, 2.05) is 84.9 Å². The highest BCUT2D eigenvalue weighted by atomic mass is 32.2. The molecule has 0 aliphatic rings. The molecule has 0 atom stereocenters. The van der Waals surface area contributed by atoms with E-state index in [4.69, 9.17) is 4.74 Å². The van der Waals surface area contributed by atoms with Crippen LogP contribution in [-0.4, -0.2) is 31.9 Å². The first kappa shape index (κ1) is 21.8. The van der Waals surface area contributed by atoms with Gasteiger partial charge in [0.1, 0.15) is 16.3 Å². The van der Waals surface area contributed by atoms with E-state index < -0.39 is 10.0 Å². The summed E-state index contributed by atoms with van der Waals surface area (Å²) in [5, 5.41) is 4.61. The van der Waals surface area contributed by atoms with Gasteiger partial charge in [0.15, 0.2) is 0 Å². The maximum absolute atomic E-state index is 13.2. The van der Waals surface area contributed by atoms with E-state index in [0.29, 0.717) is 18.7 Å². The van der Waals surface area contributed by atoms with Crippen molar-refractivity contribution in [2.24, 2.45) is 0 Å². The highest BCUT2D eigenvalue weighted by Gasteiger charge is 2.23. The molecule has 0 saturated carbocycles. The number of sulfonamides is 1.